The van der Waals surface area contributed by atoms with Crippen LogP contribution in [0.5, 0.6) is 0 Å². The molecular weight excluding hydrogens is 378 g/mol. The van der Waals surface area contributed by atoms with Crippen molar-refractivity contribution in [2.75, 3.05) is 25.0 Å². The Morgan fingerprint density at radius 1 is 1.26 bits per heavy atom. The molecule has 0 unspecified atom stereocenters. The second-order valence-electron chi connectivity index (χ2n) is 6.97. The predicted molar refractivity (Wildman–Crippen MR) is 113 cm³/mol. The summed E-state index contributed by atoms with van der Waals surface area (Å²) in [6, 6.07) is 15.7. The zero-order valence-corrected chi connectivity index (χ0v) is 16.8. The summed E-state index contributed by atoms with van der Waals surface area (Å²) in [4.78, 5) is 22.2. The summed E-state index contributed by atoms with van der Waals surface area (Å²) < 4.78 is 1.09. The molecule has 4 nitrogen and oxygen atoms in total. The molecule has 140 valence electrons. The van der Waals surface area contributed by atoms with E-state index in [2.05, 4.69) is 11.9 Å². The number of rotatable bonds is 5. The molecule has 0 radical (unpaired) electrons. The summed E-state index contributed by atoms with van der Waals surface area (Å²) in [6.45, 7) is 1.77. The molecule has 27 heavy (non-hydrogen) atoms. The van der Waals surface area contributed by atoms with E-state index in [1.54, 1.807) is 28.4 Å². The first-order valence-electron chi connectivity index (χ1n) is 9.25. The van der Waals surface area contributed by atoms with Gasteiger partial charge in [-0.05, 0) is 57.1 Å². The van der Waals surface area contributed by atoms with Crippen LogP contribution >= 0.6 is 22.9 Å². The molecule has 0 aliphatic carbocycles. The number of hydrogen-bond donors (Lipinski definition) is 0. The second-order valence-corrected chi connectivity index (χ2v) is 8.38. The van der Waals surface area contributed by atoms with Crippen molar-refractivity contribution in [3.05, 3.63) is 59.1 Å². The summed E-state index contributed by atoms with van der Waals surface area (Å²) in [5.41, 5.74) is 1.45. The van der Waals surface area contributed by atoms with Crippen LogP contribution in [0.15, 0.2) is 48.5 Å². The molecule has 1 fully saturated rings. The van der Waals surface area contributed by atoms with Crippen molar-refractivity contribution in [3.8, 4) is 0 Å². The van der Waals surface area contributed by atoms with E-state index in [4.69, 9.17) is 16.6 Å². The normalized spacial score (nSPS) is 17.5. The van der Waals surface area contributed by atoms with Crippen LogP contribution in [0.1, 0.15) is 29.6 Å². The molecule has 0 spiro atoms. The molecule has 6 heteroatoms. The van der Waals surface area contributed by atoms with Gasteiger partial charge in [0.05, 0.1) is 20.8 Å². The Morgan fingerprint density at radius 2 is 2.04 bits per heavy atom. The number of aromatic nitrogens is 1. The largest absolute Gasteiger partial charge is 0.303 e. The molecule has 2 heterocycles. The van der Waals surface area contributed by atoms with E-state index in [0.717, 1.165) is 28.3 Å². The number of likely N-dealkylation sites (tertiary alicyclic amines) is 1. The van der Waals surface area contributed by atoms with Gasteiger partial charge in [0.25, 0.3) is 5.91 Å². The predicted octanol–water partition coefficient (Wildman–Crippen LogP) is 5.08. The van der Waals surface area contributed by atoms with Crippen molar-refractivity contribution in [2.24, 2.45) is 0 Å². The third-order valence-electron chi connectivity index (χ3n) is 5.22. The van der Waals surface area contributed by atoms with Gasteiger partial charge in [-0.2, -0.15) is 0 Å². The lowest BCUT2D eigenvalue weighted by Gasteiger charge is -2.25. The third kappa shape index (κ3) is 3.86. The highest BCUT2D eigenvalue weighted by molar-refractivity contribution is 7.22. The van der Waals surface area contributed by atoms with Crippen molar-refractivity contribution in [2.45, 2.75) is 25.3 Å². The van der Waals surface area contributed by atoms with Crippen LogP contribution in [0.2, 0.25) is 5.02 Å². The van der Waals surface area contributed by atoms with Gasteiger partial charge >= 0.3 is 0 Å². The van der Waals surface area contributed by atoms with Crippen LogP contribution in [0.3, 0.4) is 0 Å². The third-order valence-corrected chi connectivity index (χ3v) is 6.61. The van der Waals surface area contributed by atoms with Crippen molar-refractivity contribution in [3.63, 3.8) is 0 Å². The van der Waals surface area contributed by atoms with Gasteiger partial charge in [-0.15, -0.1) is 0 Å². The van der Waals surface area contributed by atoms with E-state index < -0.39 is 0 Å². The summed E-state index contributed by atoms with van der Waals surface area (Å²) in [5.74, 6) is -0.0830. The van der Waals surface area contributed by atoms with Crippen molar-refractivity contribution in [1.82, 2.24) is 9.88 Å². The molecule has 3 aromatic rings. The number of carbonyl (C=O) groups excluding carboxylic acids is 1. The number of halogens is 1. The van der Waals surface area contributed by atoms with Crippen LogP contribution in [0, 0.1) is 0 Å². The molecule has 4 rings (SSSR count). The Kier molecular flexibility index (Phi) is 5.43. The quantitative estimate of drug-likeness (QED) is 0.600. The van der Waals surface area contributed by atoms with E-state index in [9.17, 15) is 4.79 Å². The lowest BCUT2D eigenvalue weighted by atomic mass is 10.1. The summed E-state index contributed by atoms with van der Waals surface area (Å²) >= 11 is 7.86. The Labute approximate surface area is 168 Å². The first kappa shape index (κ1) is 18.4. The van der Waals surface area contributed by atoms with Crippen LogP contribution in [0.4, 0.5) is 5.13 Å². The maximum Gasteiger partial charge on any atom is 0.261 e. The Bertz CT molecular complexity index is 924. The molecule has 1 saturated heterocycles. The minimum Gasteiger partial charge on any atom is -0.303 e. The fraction of sp³-hybridized carbons (Fsp3) is 0.333. The zero-order valence-electron chi connectivity index (χ0n) is 15.3. The molecule has 0 bridgehead atoms. The number of fused-ring (bicyclic) bond motifs is 1. The highest BCUT2D eigenvalue weighted by Crippen LogP contribution is 2.31. The number of amides is 1. The average Bonchev–Trinajstić information content (AvgIpc) is 3.28. The van der Waals surface area contributed by atoms with E-state index in [1.807, 2.05) is 36.4 Å². The van der Waals surface area contributed by atoms with Crippen LogP contribution in [-0.4, -0.2) is 42.0 Å². The number of thiazole rings is 1. The fourth-order valence-electron chi connectivity index (χ4n) is 3.66. The summed E-state index contributed by atoms with van der Waals surface area (Å²) in [6.07, 6.45) is 3.34. The summed E-state index contributed by atoms with van der Waals surface area (Å²) in [7, 11) is 2.16. The van der Waals surface area contributed by atoms with Crippen molar-refractivity contribution in [1.29, 1.82) is 0 Å². The number of hydrogen-bond acceptors (Lipinski definition) is 4. The van der Waals surface area contributed by atoms with Gasteiger partial charge < -0.3 is 4.90 Å². The smallest absolute Gasteiger partial charge is 0.261 e. The van der Waals surface area contributed by atoms with E-state index in [1.165, 1.54) is 12.8 Å². The number of anilines is 1. The van der Waals surface area contributed by atoms with E-state index >= 15 is 0 Å². The molecule has 1 aliphatic heterocycles. The van der Waals surface area contributed by atoms with Gasteiger partial charge in [0.15, 0.2) is 5.13 Å². The Balaban J connectivity index is 1.65. The molecular formula is C21H22ClN3OS. The topological polar surface area (TPSA) is 36.4 Å². The van der Waals surface area contributed by atoms with Crippen LogP contribution in [-0.2, 0) is 0 Å². The van der Waals surface area contributed by atoms with Crippen molar-refractivity contribution >= 4 is 44.2 Å². The Hall–Kier alpha value is -1.95. The molecule has 2 aromatic carbocycles. The molecule has 1 amide bonds. The first-order chi connectivity index (χ1) is 13.1. The number of benzene rings is 2. The standard InChI is InChI=1S/C21H22ClN3OS/c1-24-13-6-7-15(24)12-14-25(20(26)16-8-2-3-9-17(16)22)21-23-18-10-4-5-11-19(18)27-21/h2-5,8-11,15H,6-7,12-14H2,1H3/t15-/m1/s1. The highest BCUT2D eigenvalue weighted by Gasteiger charge is 2.26. The fourth-order valence-corrected chi connectivity index (χ4v) is 4.87. The minimum absolute atomic E-state index is 0.0830. The first-order valence-corrected chi connectivity index (χ1v) is 10.4. The number of carbonyl (C=O) groups is 1. The van der Waals surface area contributed by atoms with Gasteiger partial charge in [0.1, 0.15) is 0 Å². The summed E-state index contributed by atoms with van der Waals surface area (Å²) in [5, 5.41) is 1.22. The molecule has 1 atom stereocenters. The van der Waals surface area contributed by atoms with Gasteiger partial charge in [-0.1, -0.05) is 47.2 Å². The monoisotopic (exact) mass is 399 g/mol. The second kappa shape index (κ2) is 7.97. The minimum atomic E-state index is -0.0830. The molecule has 1 aliphatic rings. The maximum atomic E-state index is 13.3. The molecule has 0 N–H and O–H groups in total. The highest BCUT2D eigenvalue weighted by atomic mass is 35.5. The SMILES string of the molecule is CN1CCC[C@@H]1CCN(C(=O)c1ccccc1Cl)c1nc2ccccc2s1. The van der Waals surface area contributed by atoms with Gasteiger partial charge in [-0.3, -0.25) is 9.69 Å². The number of nitrogens with zero attached hydrogens (tertiary/aromatic N) is 3. The van der Waals surface area contributed by atoms with E-state index in [0.29, 0.717) is 23.2 Å². The Morgan fingerprint density at radius 3 is 2.78 bits per heavy atom. The van der Waals surface area contributed by atoms with Gasteiger partial charge in [-0.25, -0.2) is 4.98 Å². The van der Waals surface area contributed by atoms with E-state index in [-0.39, 0.29) is 5.91 Å². The van der Waals surface area contributed by atoms with Crippen LogP contribution < -0.4 is 4.90 Å². The maximum absolute atomic E-state index is 13.3. The lowest BCUT2D eigenvalue weighted by Crippen LogP contribution is -2.36. The molecule has 0 saturated carbocycles. The van der Waals surface area contributed by atoms with Crippen LogP contribution in [0.25, 0.3) is 10.2 Å². The number of para-hydroxylation sites is 1. The van der Waals surface area contributed by atoms with Crippen molar-refractivity contribution < 1.29 is 4.79 Å². The zero-order chi connectivity index (χ0) is 18.8. The van der Waals surface area contributed by atoms with Gasteiger partial charge in [0.2, 0.25) is 0 Å². The lowest BCUT2D eigenvalue weighted by molar-refractivity contribution is 0.0985. The average molecular weight is 400 g/mol. The molecule has 1 aromatic heterocycles. The van der Waals surface area contributed by atoms with Gasteiger partial charge in [0, 0.05) is 12.6 Å².